The number of carbonyl (C=O) groups excluding carboxylic acids is 1. The summed E-state index contributed by atoms with van der Waals surface area (Å²) in [7, 11) is 0. The van der Waals surface area contributed by atoms with E-state index in [1.54, 1.807) is 4.90 Å². The molecule has 1 aromatic heterocycles. The van der Waals surface area contributed by atoms with Crippen molar-refractivity contribution in [1.29, 1.82) is 0 Å². The Morgan fingerprint density at radius 2 is 2.11 bits per heavy atom. The number of amides is 2. The summed E-state index contributed by atoms with van der Waals surface area (Å²) in [5, 5.41) is 8.87. The van der Waals surface area contributed by atoms with Crippen molar-refractivity contribution in [1.82, 2.24) is 15.1 Å². The molecule has 0 radical (unpaired) electrons. The Hall–Kier alpha value is -2.75. The van der Waals surface area contributed by atoms with Gasteiger partial charge in [0.05, 0.1) is 16.8 Å². The first-order valence-electron chi connectivity index (χ1n) is 8.44. The summed E-state index contributed by atoms with van der Waals surface area (Å²) in [6.45, 7) is 0. The third-order valence-electron chi connectivity index (χ3n) is 4.84. The van der Waals surface area contributed by atoms with Crippen LogP contribution in [-0.2, 0) is 6.42 Å². The summed E-state index contributed by atoms with van der Waals surface area (Å²) >= 11 is 5.82. The van der Waals surface area contributed by atoms with Crippen LogP contribution in [-0.4, -0.2) is 33.5 Å². The van der Waals surface area contributed by atoms with Crippen LogP contribution in [0.15, 0.2) is 29.1 Å². The number of aromatic nitrogens is 2. The molecule has 11 heteroatoms. The van der Waals surface area contributed by atoms with Gasteiger partial charge in [-0.1, -0.05) is 11.6 Å². The predicted octanol–water partition coefficient (Wildman–Crippen LogP) is 3.62. The lowest BCUT2D eigenvalue weighted by Gasteiger charge is -2.35. The molecule has 3 heterocycles. The lowest BCUT2D eigenvalue weighted by atomic mass is 9.99. The van der Waals surface area contributed by atoms with Gasteiger partial charge in [-0.3, -0.25) is 4.79 Å². The predicted molar refractivity (Wildman–Crippen MR) is 93.3 cm³/mol. The number of fused-ring (bicyclic) bond motifs is 4. The quantitative estimate of drug-likeness (QED) is 0.785. The van der Waals surface area contributed by atoms with Crippen molar-refractivity contribution >= 4 is 23.3 Å². The molecular formula is C17H14ClF3N4O3. The van der Waals surface area contributed by atoms with Gasteiger partial charge in [-0.15, -0.1) is 13.2 Å². The second kappa shape index (κ2) is 6.69. The van der Waals surface area contributed by atoms with E-state index in [9.17, 15) is 22.8 Å². The highest BCUT2D eigenvalue weighted by Crippen LogP contribution is 2.42. The number of hydrogen-bond acceptors (Lipinski definition) is 4. The number of nitrogens with one attached hydrogen (secondary N) is 2. The van der Waals surface area contributed by atoms with Crippen molar-refractivity contribution in [3.05, 3.63) is 50.9 Å². The summed E-state index contributed by atoms with van der Waals surface area (Å²) < 4.78 is 40.8. The maximum Gasteiger partial charge on any atom is 0.573 e. The summed E-state index contributed by atoms with van der Waals surface area (Å²) in [5.74, 6) is -0.549. The molecule has 2 bridgehead atoms. The molecule has 2 atom stereocenters. The van der Waals surface area contributed by atoms with E-state index in [0.29, 0.717) is 18.5 Å². The maximum atomic E-state index is 12.8. The Bertz CT molecular complexity index is 994. The number of ether oxygens (including phenoxy) is 1. The molecule has 7 nitrogen and oxygen atoms in total. The minimum atomic E-state index is -4.86. The van der Waals surface area contributed by atoms with Crippen LogP contribution in [0.1, 0.15) is 30.1 Å². The summed E-state index contributed by atoms with van der Waals surface area (Å²) in [6, 6.07) is 4.25. The van der Waals surface area contributed by atoms with E-state index in [0.717, 1.165) is 18.1 Å². The second-order valence-electron chi connectivity index (χ2n) is 6.62. The zero-order valence-corrected chi connectivity index (χ0v) is 15.0. The molecule has 2 N–H and O–H groups in total. The smallest absolute Gasteiger partial charge is 0.404 e. The maximum absolute atomic E-state index is 12.8. The number of H-pyrrole nitrogens is 1. The first-order chi connectivity index (χ1) is 13.2. The molecule has 2 aromatic rings. The molecule has 1 saturated heterocycles. The molecule has 2 aliphatic rings. The minimum Gasteiger partial charge on any atom is -0.404 e. The summed E-state index contributed by atoms with van der Waals surface area (Å²) in [6.07, 6.45) is -2.86. The van der Waals surface area contributed by atoms with Gasteiger partial charge in [0.25, 0.3) is 5.56 Å². The van der Waals surface area contributed by atoms with Gasteiger partial charge >= 0.3 is 12.4 Å². The van der Waals surface area contributed by atoms with Gasteiger partial charge in [-0.2, -0.15) is 5.10 Å². The molecular weight excluding hydrogens is 401 g/mol. The number of carbonyl (C=O) groups is 1. The molecule has 0 saturated carbocycles. The Balaban J connectivity index is 1.52. The Kier molecular flexibility index (Phi) is 4.45. The number of anilines is 1. The van der Waals surface area contributed by atoms with Crippen LogP contribution in [0.5, 0.6) is 5.75 Å². The highest BCUT2D eigenvalue weighted by Gasteiger charge is 2.43. The number of urea groups is 1. The highest BCUT2D eigenvalue weighted by molar-refractivity contribution is 6.32. The van der Waals surface area contributed by atoms with E-state index < -0.39 is 18.1 Å². The van der Waals surface area contributed by atoms with Crippen molar-refractivity contribution in [2.75, 3.05) is 5.32 Å². The van der Waals surface area contributed by atoms with Gasteiger partial charge in [0, 0.05) is 17.8 Å². The van der Waals surface area contributed by atoms with Crippen LogP contribution >= 0.6 is 11.6 Å². The lowest BCUT2D eigenvalue weighted by molar-refractivity contribution is -0.274. The van der Waals surface area contributed by atoms with Crippen molar-refractivity contribution in [2.45, 2.75) is 37.7 Å². The first-order valence-corrected chi connectivity index (χ1v) is 8.82. The Labute approximate surface area is 161 Å². The van der Waals surface area contributed by atoms with E-state index in [4.69, 9.17) is 11.6 Å². The third kappa shape index (κ3) is 3.51. The van der Waals surface area contributed by atoms with Crippen LogP contribution in [0.3, 0.4) is 0 Å². The van der Waals surface area contributed by atoms with Crippen molar-refractivity contribution in [2.24, 2.45) is 0 Å². The Morgan fingerprint density at radius 3 is 2.82 bits per heavy atom. The minimum absolute atomic E-state index is 0.0793. The summed E-state index contributed by atoms with van der Waals surface area (Å²) in [5.41, 5.74) is 1.45. The summed E-state index contributed by atoms with van der Waals surface area (Å²) in [4.78, 5) is 25.9. The standard InChI is InChI=1S/C17H14ClF3N4O3/c18-11-7-9(1-4-13(11)28-17(19,20)21)22-16(27)25-10-2-3-12(25)15-8(5-10)6-14(26)23-24-15/h1,4,6-7,10,12H,2-3,5H2,(H,22,27)(H,23,26)/t10-,12+/m0/s1. The van der Waals surface area contributed by atoms with Gasteiger partial charge in [-0.25, -0.2) is 9.89 Å². The molecule has 28 heavy (non-hydrogen) atoms. The average Bonchev–Trinajstić information content (AvgIpc) is 2.91. The van der Waals surface area contributed by atoms with Gasteiger partial charge in [0.15, 0.2) is 0 Å². The van der Waals surface area contributed by atoms with Crippen LogP contribution < -0.4 is 15.6 Å². The van der Waals surface area contributed by atoms with Crippen LogP contribution in [0.2, 0.25) is 5.02 Å². The Morgan fingerprint density at radius 1 is 1.32 bits per heavy atom. The van der Waals surface area contributed by atoms with E-state index in [1.807, 2.05) is 0 Å². The topological polar surface area (TPSA) is 87.3 Å². The largest absolute Gasteiger partial charge is 0.573 e. The molecule has 2 aliphatic heterocycles. The molecule has 0 aliphatic carbocycles. The van der Waals surface area contributed by atoms with Crippen molar-refractivity contribution in [3.8, 4) is 5.75 Å². The fourth-order valence-electron chi connectivity index (χ4n) is 3.79. The zero-order valence-electron chi connectivity index (χ0n) is 14.2. The number of nitrogens with zero attached hydrogens (tertiary/aromatic N) is 2. The second-order valence-corrected chi connectivity index (χ2v) is 7.03. The van der Waals surface area contributed by atoms with E-state index in [1.165, 1.54) is 18.2 Å². The van der Waals surface area contributed by atoms with Crippen LogP contribution in [0.25, 0.3) is 0 Å². The first kappa shape index (κ1) is 18.6. The number of aromatic amines is 1. The molecule has 0 spiro atoms. The monoisotopic (exact) mass is 414 g/mol. The molecule has 2 amide bonds. The molecule has 0 unspecified atom stereocenters. The van der Waals surface area contributed by atoms with E-state index >= 15 is 0 Å². The normalized spacial score (nSPS) is 20.6. The fraction of sp³-hybridized carbons (Fsp3) is 0.353. The molecule has 1 fully saturated rings. The van der Waals surface area contributed by atoms with E-state index in [-0.39, 0.29) is 28.4 Å². The van der Waals surface area contributed by atoms with Gasteiger partial charge in [0.1, 0.15) is 5.75 Å². The SMILES string of the molecule is O=C(Nc1ccc(OC(F)(F)F)c(Cl)c1)N1[C@H]2CC[C@@H]1c1n[nH]c(=O)cc1C2. The van der Waals surface area contributed by atoms with Crippen molar-refractivity contribution < 1.29 is 22.7 Å². The zero-order chi connectivity index (χ0) is 20.1. The lowest BCUT2D eigenvalue weighted by Crippen LogP contribution is -2.45. The third-order valence-corrected chi connectivity index (χ3v) is 5.13. The van der Waals surface area contributed by atoms with Crippen LogP contribution in [0.4, 0.5) is 23.7 Å². The average molecular weight is 415 g/mol. The number of alkyl halides is 3. The highest BCUT2D eigenvalue weighted by atomic mass is 35.5. The molecule has 4 rings (SSSR count). The molecule has 1 aromatic carbocycles. The number of benzene rings is 1. The van der Waals surface area contributed by atoms with Gasteiger partial charge < -0.3 is 15.0 Å². The van der Waals surface area contributed by atoms with Gasteiger partial charge in [0.2, 0.25) is 0 Å². The van der Waals surface area contributed by atoms with E-state index in [2.05, 4.69) is 20.3 Å². The fourth-order valence-corrected chi connectivity index (χ4v) is 4.01. The van der Waals surface area contributed by atoms with Crippen molar-refractivity contribution in [3.63, 3.8) is 0 Å². The molecule has 148 valence electrons. The number of hydrogen-bond donors (Lipinski definition) is 2. The number of rotatable bonds is 2. The number of halogens is 4. The van der Waals surface area contributed by atoms with Gasteiger partial charge in [-0.05, 0) is 43.0 Å². The van der Waals surface area contributed by atoms with Crippen LogP contribution in [0, 0.1) is 0 Å².